The van der Waals surface area contributed by atoms with Crippen LogP contribution in [0.15, 0.2) is 12.1 Å². The quantitative estimate of drug-likeness (QED) is 0.469. The van der Waals surface area contributed by atoms with E-state index >= 15 is 0 Å². The monoisotopic (exact) mass is 413 g/mol. The van der Waals surface area contributed by atoms with E-state index in [-0.39, 0.29) is 0 Å². The van der Waals surface area contributed by atoms with Crippen LogP contribution in [0, 0.1) is 0 Å². The second kappa shape index (κ2) is 10.9. The molecule has 0 aliphatic heterocycles. The van der Waals surface area contributed by atoms with Crippen molar-refractivity contribution in [3.05, 3.63) is 23.3 Å². The van der Waals surface area contributed by atoms with Crippen LogP contribution in [0.25, 0.3) is 10.9 Å². The molecule has 1 aliphatic rings. The molecule has 0 fully saturated rings. The van der Waals surface area contributed by atoms with Crippen molar-refractivity contribution < 1.29 is 9.47 Å². The van der Waals surface area contributed by atoms with Crippen LogP contribution in [0.2, 0.25) is 0 Å². The lowest BCUT2D eigenvalue weighted by Crippen LogP contribution is -2.26. The number of pyridine rings is 1. The summed E-state index contributed by atoms with van der Waals surface area (Å²) in [6.45, 7) is 12.8. The lowest BCUT2D eigenvalue weighted by atomic mass is 10.0. The fourth-order valence-electron chi connectivity index (χ4n) is 4.32. The van der Waals surface area contributed by atoms with Crippen LogP contribution in [0.4, 0.5) is 5.82 Å². The number of unbranched alkanes of at least 4 members (excludes halogenated alkanes) is 1. The van der Waals surface area contributed by atoms with E-state index in [9.17, 15) is 0 Å². The van der Waals surface area contributed by atoms with Gasteiger partial charge >= 0.3 is 0 Å². The SMILES string of the molecule is CCCCN(CC)CCCOc1cc2nc(NC(C)C)c3c(c2cc1OC)CCC3. The highest BCUT2D eigenvalue weighted by Crippen LogP contribution is 2.39. The third kappa shape index (κ3) is 5.37. The van der Waals surface area contributed by atoms with Crippen molar-refractivity contribution in [2.75, 3.05) is 38.7 Å². The molecule has 2 aromatic rings. The molecule has 0 bridgehead atoms. The number of aryl methyl sites for hydroxylation is 1. The highest BCUT2D eigenvalue weighted by atomic mass is 16.5. The van der Waals surface area contributed by atoms with Gasteiger partial charge in [-0.3, -0.25) is 0 Å². The summed E-state index contributed by atoms with van der Waals surface area (Å²) in [6.07, 6.45) is 6.91. The second-order valence-electron chi connectivity index (χ2n) is 8.58. The van der Waals surface area contributed by atoms with Gasteiger partial charge in [0.15, 0.2) is 11.5 Å². The number of benzene rings is 1. The molecule has 0 unspecified atom stereocenters. The van der Waals surface area contributed by atoms with E-state index in [1.54, 1.807) is 7.11 Å². The average molecular weight is 414 g/mol. The highest BCUT2D eigenvalue weighted by molar-refractivity contribution is 5.89. The molecule has 5 heteroatoms. The second-order valence-corrected chi connectivity index (χ2v) is 8.58. The number of nitrogens with zero attached hydrogens (tertiary/aromatic N) is 2. The molecular formula is C25H39N3O2. The molecule has 0 spiro atoms. The van der Waals surface area contributed by atoms with Crippen LogP contribution >= 0.6 is 0 Å². The van der Waals surface area contributed by atoms with Crippen molar-refractivity contribution >= 4 is 16.7 Å². The summed E-state index contributed by atoms with van der Waals surface area (Å²) in [4.78, 5) is 7.47. The van der Waals surface area contributed by atoms with Crippen molar-refractivity contribution in [3.8, 4) is 11.5 Å². The Morgan fingerprint density at radius 1 is 1.07 bits per heavy atom. The Morgan fingerprint density at radius 2 is 1.83 bits per heavy atom. The largest absolute Gasteiger partial charge is 0.493 e. The van der Waals surface area contributed by atoms with Crippen LogP contribution in [0.1, 0.15) is 64.5 Å². The Kier molecular flexibility index (Phi) is 8.20. The molecule has 0 saturated carbocycles. The molecular weight excluding hydrogens is 374 g/mol. The van der Waals surface area contributed by atoms with Gasteiger partial charge in [-0.15, -0.1) is 0 Å². The number of methoxy groups -OCH3 is 1. The third-order valence-electron chi connectivity index (χ3n) is 5.92. The molecule has 5 nitrogen and oxygen atoms in total. The summed E-state index contributed by atoms with van der Waals surface area (Å²) < 4.78 is 11.8. The van der Waals surface area contributed by atoms with Crippen LogP contribution in [-0.4, -0.2) is 49.3 Å². The van der Waals surface area contributed by atoms with Crippen LogP contribution in [-0.2, 0) is 12.8 Å². The van der Waals surface area contributed by atoms with E-state index in [2.05, 4.69) is 50.0 Å². The first-order valence-electron chi connectivity index (χ1n) is 11.7. The molecule has 1 aromatic heterocycles. The van der Waals surface area contributed by atoms with Gasteiger partial charge in [-0.25, -0.2) is 4.98 Å². The molecule has 1 aliphatic carbocycles. The zero-order chi connectivity index (χ0) is 21.5. The first-order valence-corrected chi connectivity index (χ1v) is 11.7. The van der Waals surface area contributed by atoms with Crippen LogP contribution < -0.4 is 14.8 Å². The summed E-state index contributed by atoms with van der Waals surface area (Å²) in [5.41, 5.74) is 3.79. The summed E-state index contributed by atoms with van der Waals surface area (Å²) >= 11 is 0. The third-order valence-corrected chi connectivity index (χ3v) is 5.92. The van der Waals surface area contributed by atoms with Gasteiger partial charge in [0, 0.05) is 24.0 Å². The van der Waals surface area contributed by atoms with E-state index in [1.165, 1.54) is 42.3 Å². The number of nitrogens with one attached hydrogen (secondary N) is 1. The maximum Gasteiger partial charge on any atom is 0.163 e. The maximum absolute atomic E-state index is 6.16. The first-order chi connectivity index (χ1) is 14.6. The van der Waals surface area contributed by atoms with Crippen molar-refractivity contribution in [2.24, 2.45) is 0 Å². The summed E-state index contributed by atoms with van der Waals surface area (Å²) in [7, 11) is 1.72. The molecule has 0 amide bonds. The predicted octanol–water partition coefficient (Wildman–Crippen LogP) is 5.44. The number of rotatable bonds is 12. The Morgan fingerprint density at radius 3 is 2.53 bits per heavy atom. The minimum Gasteiger partial charge on any atom is -0.493 e. The number of hydrogen-bond donors (Lipinski definition) is 1. The highest BCUT2D eigenvalue weighted by Gasteiger charge is 2.22. The number of aromatic nitrogens is 1. The van der Waals surface area contributed by atoms with Gasteiger partial charge in [-0.05, 0) is 76.2 Å². The molecule has 1 aromatic carbocycles. The van der Waals surface area contributed by atoms with Crippen molar-refractivity contribution in [1.29, 1.82) is 0 Å². The molecule has 0 saturated heterocycles. The van der Waals surface area contributed by atoms with E-state index in [4.69, 9.17) is 14.5 Å². The zero-order valence-corrected chi connectivity index (χ0v) is 19.5. The van der Waals surface area contributed by atoms with Gasteiger partial charge in [0.1, 0.15) is 5.82 Å². The Bertz CT molecular complexity index is 835. The predicted molar refractivity (Wildman–Crippen MR) is 126 cm³/mol. The fraction of sp³-hybridized carbons (Fsp3) is 0.640. The van der Waals surface area contributed by atoms with Crippen molar-refractivity contribution in [2.45, 2.75) is 72.3 Å². The standard InChI is InChI=1S/C25H39N3O2/c1-6-8-13-28(7-2)14-10-15-30-24-17-22-21(16-23(24)29-5)19-11-9-12-20(19)25(27-22)26-18(3)4/h16-18H,6-15H2,1-5H3,(H,26,27). The normalized spacial score (nSPS) is 13.3. The smallest absolute Gasteiger partial charge is 0.163 e. The molecule has 1 N–H and O–H groups in total. The van der Waals surface area contributed by atoms with E-state index in [0.29, 0.717) is 12.6 Å². The van der Waals surface area contributed by atoms with Gasteiger partial charge in [0.2, 0.25) is 0 Å². The molecule has 3 rings (SSSR count). The molecule has 1 heterocycles. The van der Waals surface area contributed by atoms with Gasteiger partial charge < -0.3 is 19.7 Å². The zero-order valence-electron chi connectivity index (χ0n) is 19.5. The van der Waals surface area contributed by atoms with Crippen LogP contribution in [0.3, 0.4) is 0 Å². The summed E-state index contributed by atoms with van der Waals surface area (Å²) in [5, 5.41) is 4.75. The molecule has 166 valence electrons. The lowest BCUT2D eigenvalue weighted by Gasteiger charge is -2.20. The average Bonchev–Trinajstić information content (AvgIpc) is 3.23. The number of ether oxygens (including phenoxy) is 2. The number of anilines is 1. The fourth-order valence-corrected chi connectivity index (χ4v) is 4.32. The molecule has 0 atom stereocenters. The summed E-state index contributed by atoms with van der Waals surface area (Å²) in [5.74, 6) is 2.64. The Balaban J connectivity index is 1.77. The number of fused-ring (bicyclic) bond motifs is 3. The van der Waals surface area contributed by atoms with Gasteiger partial charge in [0.05, 0.1) is 19.2 Å². The molecule has 30 heavy (non-hydrogen) atoms. The van der Waals surface area contributed by atoms with Gasteiger partial charge in [0.25, 0.3) is 0 Å². The molecule has 0 radical (unpaired) electrons. The maximum atomic E-state index is 6.16. The first kappa shape index (κ1) is 22.7. The van der Waals surface area contributed by atoms with E-state index in [0.717, 1.165) is 55.2 Å². The van der Waals surface area contributed by atoms with Crippen molar-refractivity contribution in [3.63, 3.8) is 0 Å². The number of hydrogen-bond acceptors (Lipinski definition) is 5. The minimum atomic E-state index is 0.364. The van der Waals surface area contributed by atoms with Gasteiger partial charge in [-0.2, -0.15) is 0 Å². The lowest BCUT2D eigenvalue weighted by molar-refractivity contribution is 0.234. The summed E-state index contributed by atoms with van der Waals surface area (Å²) in [6, 6.07) is 4.55. The Labute approximate surface area is 182 Å². The minimum absolute atomic E-state index is 0.364. The van der Waals surface area contributed by atoms with Gasteiger partial charge in [-0.1, -0.05) is 20.3 Å². The van der Waals surface area contributed by atoms with Crippen LogP contribution in [0.5, 0.6) is 11.5 Å². The van der Waals surface area contributed by atoms with E-state index in [1.807, 2.05) is 0 Å². The Hall–Kier alpha value is -2.01. The van der Waals surface area contributed by atoms with Crippen molar-refractivity contribution in [1.82, 2.24) is 9.88 Å². The van der Waals surface area contributed by atoms with E-state index < -0.39 is 0 Å². The topological polar surface area (TPSA) is 46.6 Å².